The van der Waals surface area contributed by atoms with Gasteiger partial charge in [-0.05, 0) is 42.2 Å². The number of carboxylic acid groups (broad SMARTS) is 1. The van der Waals surface area contributed by atoms with E-state index in [1.165, 1.54) is 6.20 Å². The van der Waals surface area contributed by atoms with E-state index in [0.29, 0.717) is 11.6 Å². The summed E-state index contributed by atoms with van der Waals surface area (Å²) in [6.07, 6.45) is 3.64. The van der Waals surface area contributed by atoms with E-state index in [4.69, 9.17) is 0 Å². The molecule has 1 fully saturated rings. The zero-order chi connectivity index (χ0) is 18.5. The molecule has 1 aliphatic heterocycles. The largest absolute Gasteiger partial charge is 0.478 e. The minimum Gasteiger partial charge on any atom is -0.478 e. The highest BCUT2D eigenvalue weighted by Crippen LogP contribution is 2.29. The number of carbonyl (C=O) groups is 1. The van der Waals surface area contributed by atoms with Gasteiger partial charge >= 0.3 is 5.97 Å². The number of aromatic amines is 1. The molecule has 3 rings (SSSR count). The van der Waals surface area contributed by atoms with Gasteiger partial charge in [0.05, 0.1) is 11.3 Å². The molecule has 0 spiro atoms. The number of rotatable bonds is 5. The molecule has 1 atom stereocenters. The van der Waals surface area contributed by atoms with Crippen LogP contribution in [-0.2, 0) is 0 Å². The fourth-order valence-corrected chi connectivity index (χ4v) is 3.06. The van der Waals surface area contributed by atoms with Crippen molar-refractivity contribution in [1.29, 1.82) is 5.26 Å². The number of hydrogen-bond acceptors (Lipinski definition) is 7. The predicted molar refractivity (Wildman–Crippen MR) is 95.4 cm³/mol. The number of hydrogen-bond donors (Lipinski definition) is 3. The quantitative estimate of drug-likeness (QED) is 0.697. The van der Waals surface area contributed by atoms with E-state index in [2.05, 4.69) is 37.8 Å². The van der Waals surface area contributed by atoms with E-state index < -0.39 is 5.97 Å². The average Bonchev–Trinajstić information content (AvgIpc) is 3.16. The Morgan fingerprint density at radius 2 is 2.38 bits per heavy atom. The number of piperidine rings is 1. The van der Waals surface area contributed by atoms with Crippen LogP contribution in [0, 0.1) is 17.2 Å². The number of tetrazole rings is 1. The number of nitriles is 1. The molecule has 1 aliphatic rings. The summed E-state index contributed by atoms with van der Waals surface area (Å²) >= 11 is 0. The molecule has 0 bridgehead atoms. The third-order valence-electron chi connectivity index (χ3n) is 4.31. The minimum atomic E-state index is -0.982. The van der Waals surface area contributed by atoms with Crippen LogP contribution in [-0.4, -0.2) is 44.8 Å². The molecule has 0 saturated carbocycles. The van der Waals surface area contributed by atoms with Crippen molar-refractivity contribution in [2.45, 2.75) is 19.8 Å². The van der Waals surface area contributed by atoms with E-state index in [-0.39, 0.29) is 17.0 Å². The van der Waals surface area contributed by atoms with E-state index in [9.17, 15) is 15.2 Å². The molecule has 2 heterocycles. The van der Waals surface area contributed by atoms with Gasteiger partial charge in [-0.1, -0.05) is 6.92 Å². The summed E-state index contributed by atoms with van der Waals surface area (Å²) in [4.78, 5) is 13.8. The first-order valence-electron chi connectivity index (χ1n) is 8.31. The predicted octanol–water partition coefficient (Wildman–Crippen LogP) is 2.11. The van der Waals surface area contributed by atoms with E-state index in [0.717, 1.165) is 31.6 Å². The van der Waals surface area contributed by atoms with Gasteiger partial charge in [0.2, 0.25) is 5.82 Å². The van der Waals surface area contributed by atoms with E-state index >= 15 is 0 Å². The van der Waals surface area contributed by atoms with Crippen molar-refractivity contribution < 1.29 is 9.90 Å². The maximum absolute atomic E-state index is 11.7. The molecule has 1 aromatic heterocycles. The Labute approximate surface area is 150 Å². The molecule has 1 unspecified atom stereocenters. The molecule has 2 aromatic rings. The molecule has 3 N–H and O–H groups in total. The van der Waals surface area contributed by atoms with Gasteiger partial charge in [-0.2, -0.15) is 10.5 Å². The van der Waals surface area contributed by atoms with Crippen molar-refractivity contribution in [3.8, 4) is 6.07 Å². The Hall–Kier alpha value is -3.41. The van der Waals surface area contributed by atoms with Gasteiger partial charge in [-0.3, -0.25) is 0 Å². The van der Waals surface area contributed by atoms with Crippen LogP contribution in [0.5, 0.6) is 0 Å². The second-order valence-corrected chi connectivity index (χ2v) is 6.28. The highest BCUT2D eigenvalue weighted by atomic mass is 16.4. The fraction of sp³-hybridized carbons (Fsp3) is 0.353. The van der Waals surface area contributed by atoms with Crippen molar-refractivity contribution in [1.82, 2.24) is 20.6 Å². The molecule has 26 heavy (non-hydrogen) atoms. The van der Waals surface area contributed by atoms with E-state index in [1.54, 1.807) is 18.2 Å². The van der Waals surface area contributed by atoms with Crippen LogP contribution < -0.4 is 10.2 Å². The van der Waals surface area contributed by atoms with Gasteiger partial charge in [-0.15, -0.1) is 10.2 Å². The third kappa shape index (κ3) is 3.80. The standard InChI is InChI=1S/C17H19N7O2/c1-11-3-2-6-24(10-11)15-5-4-13(7-14(15)17(25)26)19-9-12(8-18)16-20-22-23-21-16/h4-5,7,9,11,19H,2-3,6,10H2,1H3,(H,25,26)(H,20,21,22,23). The summed E-state index contributed by atoms with van der Waals surface area (Å²) in [7, 11) is 0. The van der Waals surface area contributed by atoms with Crippen molar-refractivity contribution in [2.75, 3.05) is 23.3 Å². The van der Waals surface area contributed by atoms with Gasteiger partial charge in [0, 0.05) is 25.0 Å². The molecule has 1 saturated heterocycles. The molecular weight excluding hydrogens is 334 g/mol. The van der Waals surface area contributed by atoms with Crippen LogP contribution in [0.3, 0.4) is 0 Å². The van der Waals surface area contributed by atoms with Crippen molar-refractivity contribution >= 4 is 22.9 Å². The first kappa shape index (κ1) is 17.4. The molecule has 9 nitrogen and oxygen atoms in total. The molecule has 0 amide bonds. The van der Waals surface area contributed by atoms with Gasteiger partial charge in [0.25, 0.3) is 0 Å². The monoisotopic (exact) mass is 353 g/mol. The SMILES string of the molecule is CC1CCCN(c2ccc(NC=C(C#N)c3nn[nH]n3)cc2C(=O)O)C1. The topological polar surface area (TPSA) is 131 Å². The van der Waals surface area contributed by atoms with Crippen molar-refractivity contribution in [3.05, 3.63) is 35.8 Å². The number of allylic oxidation sites excluding steroid dienone is 1. The summed E-state index contributed by atoms with van der Waals surface area (Å²) in [6.45, 7) is 3.88. The number of nitrogens with one attached hydrogen (secondary N) is 2. The zero-order valence-electron chi connectivity index (χ0n) is 14.3. The first-order chi connectivity index (χ1) is 12.6. The van der Waals surface area contributed by atoms with Crippen LogP contribution in [0.1, 0.15) is 35.9 Å². The third-order valence-corrected chi connectivity index (χ3v) is 4.31. The molecule has 0 radical (unpaired) electrons. The molecule has 134 valence electrons. The second kappa shape index (κ2) is 7.65. The number of aromatic carboxylic acids is 1. The summed E-state index contributed by atoms with van der Waals surface area (Å²) in [5.74, 6) is -0.277. The summed E-state index contributed by atoms with van der Waals surface area (Å²) < 4.78 is 0. The minimum absolute atomic E-state index is 0.164. The fourth-order valence-electron chi connectivity index (χ4n) is 3.06. The molecule has 9 heteroatoms. The molecular formula is C17H19N7O2. The maximum Gasteiger partial charge on any atom is 0.337 e. The van der Waals surface area contributed by atoms with Crippen LogP contribution in [0.2, 0.25) is 0 Å². The summed E-state index contributed by atoms with van der Waals surface area (Å²) in [6, 6.07) is 7.14. The van der Waals surface area contributed by atoms with Gasteiger partial charge in [0.15, 0.2) is 0 Å². The van der Waals surface area contributed by atoms with Gasteiger partial charge < -0.3 is 15.3 Å². The van der Waals surface area contributed by atoms with Crippen LogP contribution >= 0.6 is 0 Å². The normalized spacial score (nSPS) is 17.6. The van der Waals surface area contributed by atoms with Crippen LogP contribution in [0.25, 0.3) is 5.57 Å². The maximum atomic E-state index is 11.7. The number of nitrogens with zero attached hydrogens (tertiary/aromatic N) is 5. The Kier molecular flexibility index (Phi) is 5.12. The number of benzene rings is 1. The van der Waals surface area contributed by atoms with E-state index in [1.807, 2.05) is 6.07 Å². The Bertz CT molecular complexity index is 854. The molecule has 1 aromatic carbocycles. The van der Waals surface area contributed by atoms with Crippen LogP contribution in [0.4, 0.5) is 11.4 Å². The number of H-pyrrole nitrogens is 1. The smallest absolute Gasteiger partial charge is 0.337 e. The lowest BCUT2D eigenvalue weighted by Gasteiger charge is -2.33. The Morgan fingerprint density at radius 3 is 3.04 bits per heavy atom. The lowest BCUT2D eigenvalue weighted by atomic mass is 9.98. The van der Waals surface area contributed by atoms with Crippen LogP contribution in [0.15, 0.2) is 24.4 Å². The lowest BCUT2D eigenvalue weighted by Crippen LogP contribution is -2.35. The van der Waals surface area contributed by atoms with Gasteiger partial charge in [0.1, 0.15) is 11.6 Å². The summed E-state index contributed by atoms with van der Waals surface area (Å²) in [5, 5.41) is 34.9. The molecule has 0 aliphatic carbocycles. The highest BCUT2D eigenvalue weighted by molar-refractivity contribution is 5.96. The Morgan fingerprint density at radius 1 is 1.54 bits per heavy atom. The summed E-state index contributed by atoms with van der Waals surface area (Å²) in [5.41, 5.74) is 1.70. The van der Waals surface area contributed by atoms with Gasteiger partial charge in [-0.25, -0.2) is 4.79 Å². The highest BCUT2D eigenvalue weighted by Gasteiger charge is 2.21. The zero-order valence-corrected chi connectivity index (χ0v) is 14.3. The average molecular weight is 353 g/mol. The first-order valence-corrected chi connectivity index (χ1v) is 8.31. The Balaban J connectivity index is 1.84. The van der Waals surface area contributed by atoms with Crippen molar-refractivity contribution in [3.63, 3.8) is 0 Å². The second-order valence-electron chi connectivity index (χ2n) is 6.28. The number of carboxylic acids is 1. The number of aromatic nitrogens is 4. The van der Waals surface area contributed by atoms with Crippen molar-refractivity contribution in [2.24, 2.45) is 5.92 Å². The number of anilines is 2. The lowest BCUT2D eigenvalue weighted by molar-refractivity contribution is 0.0697.